The Hall–Kier alpha value is -2.29. The number of carbonyl (C=O) groups is 1. The summed E-state index contributed by atoms with van der Waals surface area (Å²) in [5.74, 6) is 0.0918. The van der Waals surface area contributed by atoms with Gasteiger partial charge in [0.15, 0.2) is 0 Å². The molecule has 0 heterocycles. The van der Waals surface area contributed by atoms with E-state index in [0.29, 0.717) is 6.42 Å². The zero-order valence-electron chi connectivity index (χ0n) is 13.4. The van der Waals surface area contributed by atoms with Crippen molar-refractivity contribution in [2.75, 3.05) is 12.3 Å². The number of nitrogen functional groups attached to an aromatic ring is 1. The average Bonchev–Trinajstić information content (AvgIpc) is 2.53. The molecule has 3 nitrogen and oxygen atoms in total. The molecule has 0 bridgehead atoms. The van der Waals surface area contributed by atoms with Crippen LogP contribution in [0.3, 0.4) is 0 Å². The van der Waals surface area contributed by atoms with Crippen LogP contribution in [0.4, 0.5) is 5.69 Å². The molecule has 1 amide bonds. The molecule has 23 heavy (non-hydrogen) atoms. The topological polar surface area (TPSA) is 55.1 Å². The van der Waals surface area contributed by atoms with Crippen LogP contribution >= 0.6 is 0 Å². The highest BCUT2D eigenvalue weighted by Crippen LogP contribution is 2.43. The smallest absolute Gasteiger partial charge is 0.224 e. The van der Waals surface area contributed by atoms with Crippen LogP contribution in [0.5, 0.6) is 0 Å². The van der Waals surface area contributed by atoms with E-state index in [0.717, 1.165) is 24.2 Å². The van der Waals surface area contributed by atoms with Gasteiger partial charge in [0.05, 0.1) is 6.42 Å². The number of benzene rings is 2. The maximum atomic E-state index is 12.2. The van der Waals surface area contributed by atoms with Crippen molar-refractivity contribution < 1.29 is 4.79 Å². The van der Waals surface area contributed by atoms with E-state index in [1.807, 2.05) is 30.3 Å². The van der Waals surface area contributed by atoms with Crippen molar-refractivity contribution in [3.05, 3.63) is 65.7 Å². The fourth-order valence-electron chi connectivity index (χ4n) is 3.29. The predicted octanol–water partition coefficient (Wildman–Crippen LogP) is 3.34. The van der Waals surface area contributed by atoms with Crippen LogP contribution in [0.1, 0.15) is 30.4 Å². The Kier molecular flexibility index (Phi) is 4.65. The van der Waals surface area contributed by atoms with E-state index in [2.05, 4.69) is 29.6 Å². The predicted molar refractivity (Wildman–Crippen MR) is 94.0 cm³/mol. The van der Waals surface area contributed by atoms with Gasteiger partial charge in [0.2, 0.25) is 5.91 Å². The van der Waals surface area contributed by atoms with Crippen molar-refractivity contribution in [1.29, 1.82) is 0 Å². The van der Waals surface area contributed by atoms with E-state index in [9.17, 15) is 4.79 Å². The SMILES string of the molecule is Nc1ccc(CC(=O)NCC2(Cc3ccccc3)CCC2)cc1. The van der Waals surface area contributed by atoms with Crippen LogP contribution in [-0.2, 0) is 17.6 Å². The lowest BCUT2D eigenvalue weighted by Gasteiger charge is -2.42. The van der Waals surface area contributed by atoms with Crippen LogP contribution < -0.4 is 11.1 Å². The number of anilines is 1. The first-order valence-corrected chi connectivity index (χ1v) is 8.30. The zero-order chi connectivity index (χ0) is 16.1. The molecule has 0 saturated heterocycles. The fourth-order valence-corrected chi connectivity index (χ4v) is 3.29. The molecule has 0 radical (unpaired) electrons. The summed E-state index contributed by atoms with van der Waals surface area (Å²) in [7, 11) is 0. The van der Waals surface area contributed by atoms with Crippen molar-refractivity contribution >= 4 is 11.6 Å². The molecule has 3 N–H and O–H groups in total. The lowest BCUT2D eigenvalue weighted by atomic mass is 9.65. The van der Waals surface area contributed by atoms with E-state index >= 15 is 0 Å². The van der Waals surface area contributed by atoms with E-state index < -0.39 is 0 Å². The number of hydrogen-bond acceptors (Lipinski definition) is 2. The summed E-state index contributed by atoms with van der Waals surface area (Å²) in [5.41, 5.74) is 9.01. The van der Waals surface area contributed by atoms with Gasteiger partial charge in [0, 0.05) is 12.2 Å². The second-order valence-corrected chi connectivity index (χ2v) is 6.71. The van der Waals surface area contributed by atoms with Gasteiger partial charge in [0.25, 0.3) is 0 Å². The molecule has 0 unspecified atom stereocenters. The lowest BCUT2D eigenvalue weighted by Crippen LogP contribution is -2.44. The normalized spacial score (nSPS) is 15.7. The number of hydrogen-bond donors (Lipinski definition) is 2. The van der Waals surface area contributed by atoms with Gasteiger partial charge in [-0.05, 0) is 47.9 Å². The van der Waals surface area contributed by atoms with Crippen molar-refractivity contribution in [3.63, 3.8) is 0 Å². The van der Waals surface area contributed by atoms with Gasteiger partial charge in [-0.2, -0.15) is 0 Å². The van der Waals surface area contributed by atoms with Gasteiger partial charge < -0.3 is 11.1 Å². The third-order valence-electron chi connectivity index (χ3n) is 4.84. The fraction of sp³-hybridized carbons (Fsp3) is 0.350. The monoisotopic (exact) mass is 308 g/mol. The van der Waals surface area contributed by atoms with Gasteiger partial charge in [-0.1, -0.05) is 48.9 Å². The highest BCUT2D eigenvalue weighted by Gasteiger charge is 2.37. The molecule has 0 atom stereocenters. The van der Waals surface area contributed by atoms with Crippen molar-refractivity contribution in [2.24, 2.45) is 5.41 Å². The van der Waals surface area contributed by atoms with Gasteiger partial charge >= 0.3 is 0 Å². The van der Waals surface area contributed by atoms with E-state index in [1.54, 1.807) is 0 Å². The Morgan fingerprint density at radius 2 is 1.70 bits per heavy atom. The van der Waals surface area contributed by atoms with Gasteiger partial charge in [-0.3, -0.25) is 4.79 Å². The minimum atomic E-state index is 0.0918. The molecule has 2 aromatic carbocycles. The highest BCUT2D eigenvalue weighted by molar-refractivity contribution is 5.78. The van der Waals surface area contributed by atoms with Crippen LogP contribution in [0.25, 0.3) is 0 Å². The highest BCUT2D eigenvalue weighted by atomic mass is 16.1. The zero-order valence-corrected chi connectivity index (χ0v) is 13.4. The van der Waals surface area contributed by atoms with Crippen LogP contribution in [0.15, 0.2) is 54.6 Å². The summed E-state index contributed by atoms with van der Waals surface area (Å²) >= 11 is 0. The average molecular weight is 308 g/mol. The number of nitrogens with one attached hydrogen (secondary N) is 1. The molecule has 0 aromatic heterocycles. The summed E-state index contributed by atoms with van der Waals surface area (Å²) in [5, 5.41) is 3.14. The van der Waals surface area contributed by atoms with Crippen molar-refractivity contribution in [1.82, 2.24) is 5.32 Å². The molecule has 1 aliphatic rings. The summed E-state index contributed by atoms with van der Waals surface area (Å²) in [4.78, 5) is 12.2. The molecular formula is C20H24N2O. The molecule has 1 saturated carbocycles. The van der Waals surface area contributed by atoms with E-state index in [-0.39, 0.29) is 11.3 Å². The van der Waals surface area contributed by atoms with Crippen LogP contribution in [-0.4, -0.2) is 12.5 Å². The van der Waals surface area contributed by atoms with Crippen molar-refractivity contribution in [2.45, 2.75) is 32.1 Å². The number of rotatable bonds is 6. The van der Waals surface area contributed by atoms with Crippen LogP contribution in [0, 0.1) is 5.41 Å². The summed E-state index contributed by atoms with van der Waals surface area (Å²) in [6.07, 6.45) is 5.13. The number of amides is 1. The van der Waals surface area contributed by atoms with Gasteiger partial charge in [-0.15, -0.1) is 0 Å². The first-order chi connectivity index (χ1) is 11.2. The quantitative estimate of drug-likeness (QED) is 0.804. The minimum Gasteiger partial charge on any atom is -0.399 e. The summed E-state index contributed by atoms with van der Waals surface area (Å²) in [6.45, 7) is 0.774. The minimum absolute atomic E-state index is 0.0918. The molecule has 1 fully saturated rings. The molecular weight excluding hydrogens is 284 g/mol. The first kappa shape index (κ1) is 15.6. The Morgan fingerprint density at radius 1 is 1.00 bits per heavy atom. The molecule has 2 aromatic rings. The molecule has 0 aliphatic heterocycles. The van der Waals surface area contributed by atoms with E-state index in [4.69, 9.17) is 5.73 Å². The Balaban J connectivity index is 1.53. The lowest BCUT2D eigenvalue weighted by molar-refractivity contribution is -0.121. The standard InChI is InChI=1S/C20H24N2O/c21-18-9-7-16(8-10-18)13-19(23)22-15-20(11-4-12-20)14-17-5-2-1-3-6-17/h1-3,5-10H,4,11-15,21H2,(H,22,23). The van der Waals surface area contributed by atoms with Crippen LogP contribution in [0.2, 0.25) is 0 Å². The van der Waals surface area contributed by atoms with Gasteiger partial charge in [-0.25, -0.2) is 0 Å². The maximum absolute atomic E-state index is 12.2. The molecule has 120 valence electrons. The number of carbonyl (C=O) groups excluding carboxylic acids is 1. The first-order valence-electron chi connectivity index (χ1n) is 8.30. The third kappa shape index (κ3) is 4.13. The Bertz CT molecular complexity index is 645. The third-order valence-corrected chi connectivity index (χ3v) is 4.84. The molecule has 3 heteroatoms. The maximum Gasteiger partial charge on any atom is 0.224 e. The second kappa shape index (κ2) is 6.86. The summed E-state index contributed by atoms with van der Waals surface area (Å²) < 4.78 is 0. The molecule has 1 aliphatic carbocycles. The second-order valence-electron chi connectivity index (χ2n) is 6.71. The molecule has 0 spiro atoms. The Labute approximate surface area is 137 Å². The largest absolute Gasteiger partial charge is 0.399 e. The number of nitrogens with two attached hydrogens (primary N) is 1. The summed E-state index contributed by atoms with van der Waals surface area (Å²) in [6, 6.07) is 18.1. The van der Waals surface area contributed by atoms with Gasteiger partial charge in [0.1, 0.15) is 0 Å². The molecule has 3 rings (SSSR count). The van der Waals surface area contributed by atoms with E-state index in [1.165, 1.54) is 24.8 Å². The Morgan fingerprint density at radius 3 is 2.30 bits per heavy atom. The van der Waals surface area contributed by atoms with Crippen molar-refractivity contribution in [3.8, 4) is 0 Å².